The van der Waals surface area contributed by atoms with Gasteiger partial charge in [-0.15, -0.1) is 0 Å². The molecule has 0 unspecified atom stereocenters. The first-order valence-electron chi connectivity index (χ1n) is 8.70. The molecular weight excluding hydrogens is 296 g/mol. The van der Waals surface area contributed by atoms with E-state index in [0.717, 1.165) is 44.1 Å². The van der Waals surface area contributed by atoms with E-state index in [1.54, 1.807) is 0 Å². The molecule has 2 nitrogen and oxygen atoms in total. The first-order chi connectivity index (χ1) is 11.6. The van der Waals surface area contributed by atoms with Crippen LogP contribution in [0.25, 0.3) is 6.08 Å². The number of hydrogen-bond donors (Lipinski definition) is 1. The Morgan fingerprint density at radius 1 is 1.04 bits per heavy atom. The van der Waals surface area contributed by atoms with Crippen LogP contribution in [0.5, 0.6) is 0 Å². The van der Waals surface area contributed by atoms with E-state index in [9.17, 15) is 9.90 Å². The molecule has 2 heteroatoms. The van der Waals surface area contributed by atoms with Gasteiger partial charge in [0.05, 0.1) is 5.41 Å². The fourth-order valence-corrected chi connectivity index (χ4v) is 3.92. The van der Waals surface area contributed by atoms with Crippen LogP contribution in [0.2, 0.25) is 0 Å². The largest absolute Gasteiger partial charge is 0.478 e. The van der Waals surface area contributed by atoms with E-state index < -0.39 is 11.4 Å². The number of allylic oxidation sites excluding steroid dienone is 5. The second kappa shape index (κ2) is 7.04. The summed E-state index contributed by atoms with van der Waals surface area (Å²) in [7, 11) is 0. The molecule has 124 valence electrons. The highest BCUT2D eigenvalue weighted by Crippen LogP contribution is 2.51. The molecule has 0 atom stereocenters. The van der Waals surface area contributed by atoms with Crippen molar-refractivity contribution in [1.82, 2.24) is 0 Å². The summed E-state index contributed by atoms with van der Waals surface area (Å²) in [5.41, 5.74) is 3.10. The summed E-state index contributed by atoms with van der Waals surface area (Å²) in [5, 5.41) is 9.75. The van der Waals surface area contributed by atoms with Crippen LogP contribution in [0.15, 0.2) is 71.9 Å². The topological polar surface area (TPSA) is 37.3 Å². The van der Waals surface area contributed by atoms with Gasteiger partial charge in [-0.3, -0.25) is 0 Å². The van der Waals surface area contributed by atoms with E-state index in [1.165, 1.54) is 11.1 Å². The SMILES string of the molecule is C=C(C(=O)O)C(C=Cc1ccccc1)(C1=CCCC1)C1=CCCC1. The number of rotatable bonds is 6. The lowest BCUT2D eigenvalue weighted by Crippen LogP contribution is -2.29. The van der Waals surface area contributed by atoms with Crippen LogP contribution in [0.1, 0.15) is 44.1 Å². The monoisotopic (exact) mass is 320 g/mol. The molecule has 0 amide bonds. The average Bonchev–Trinajstić information content (AvgIpc) is 3.30. The number of carboxylic acid groups (broad SMARTS) is 1. The van der Waals surface area contributed by atoms with Crippen LogP contribution in [-0.2, 0) is 4.79 Å². The highest BCUT2D eigenvalue weighted by Gasteiger charge is 2.42. The minimum Gasteiger partial charge on any atom is -0.478 e. The molecule has 0 saturated carbocycles. The first kappa shape index (κ1) is 16.5. The van der Waals surface area contributed by atoms with E-state index in [1.807, 2.05) is 36.4 Å². The van der Waals surface area contributed by atoms with Gasteiger partial charge in [0.2, 0.25) is 0 Å². The highest BCUT2D eigenvalue weighted by atomic mass is 16.4. The molecule has 2 aliphatic carbocycles. The Balaban J connectivity index is 2.12. The molecule has 0 aromatic heterocycles. The van der Waals surface area contributed by atoms with Gasteiger partial charge < -0.3 is 5.11 Å². The maximum Gasteiger partial charge on any atom is 0.332 e. The summed E-state index contributed by atoms with van der Waals surface area (Å²) in [5.74, 6) is -0.909. The van der Waals surface area contributed by atoms with E-state index >= 15 is 0 Å². The molecule has 3 rings (SSSR count). The molecule has 1 N–H and O–H groups in total. The van der Waals surface area contributed by atoms with Crippen molar-refractivity contribution in [2.45, 2.75) is 38.5 Å². The number of carbonyl (C=O) groups is 1. The van der Waals surface area contributed by atoms with Gasteiger partial charge in [-0.25, -0.2) is 4.79 Å². The van der Waals surface area contributed by atoms with Crippen molar-refractivity contribution in [3.8, 4) is 0 Å². The van der Waals surface area contributed by atoms with Gasteiger partial charge in [0.15, 0.2) is 0 Å². The minimum atomic E-state index is -0.909. The van der Waals surface area contributed by atoms with Crippen LogP contribution >= 0.6 is 0 Å². The normalized spacial score (nSPS) is 17.8. The quantitative estimate of drug-likeness (QED) is 0.551. The summed E-state index contributed by atoms with van der Waals surface area (Å²) in [6.07, 6.45) is 14.7. The van der Waals surface area contributed by atoms with Crippen LogP contribution < -0.4 is 0 Å². The maximum atomic E-state index is 11.9. The van der Waals surface area contributed by atoms with Gasteiger partial charge in [-0.05, 0) is 44.1 Å². The van der Waals surface area contributed by atoms with Crippen LogP contribution in [0.4, 0.5) is 0 Å². The zero-order valence-electron chi connectivity index (χ0n) is 14.0. The highest BCUT2D eigenvalue weighted by molar-refractivity contribution is 5.91. The van der Waals surface area contributed by atoms with Gasteiger partial charge in [0.25, 0.3) is 0 Å². The standard InChI is InChI=1S/C22H24O2/c1-17(21(23)24)22(19-11-5-6-12-19,20-13-7-8-14-20)16-15-18-9-3-2-4-10-18/h2-4,9-11,13,15-16H,1,5-8,12,14H2,(H,23,24). The van der Waals surface area contributed by atoms with Gasteiger partial charge in [-0.2, -0.15) is 0 Å². The third-order valence-electron chi connectivity index (χ3n) is 5.15. The van der Waals surface area contributed by atoms with Crippen LogP contribution in [0.3, 0.4) is 0 Å². The Bertz CT molecular complexity index is 690. The third-order valence-corrected chi connectivity index (χ3v) is 5.15. The maximum absolute atomic E-state index is 11.9. The van der Waals surface area contributed by atoms with Gasteiger partial charge >= 0.3 is 5.97 Å². The summed E-state index contributed by atoms with van der Waals surface area (Å²) in [6, 6.07) is 10.1. The van der Waals surface area contributed by atoms with Crippen molar-refractivity contribution in [2.75, 3.05) is 0 Å². The Hall–Kier alpha value is -2.35. The molecule has 0 bridgehead atoms. The molecule has 1 aromatic carbocycles. The van der Waals surface area contributed by atoms with E-state index in [2.05, 4.69) is 24.8 Å². The fourth-order valence-electron chi connectivity index (χ4n) is 3.92. The predicted molar refractivity (Wildman–Crippen MR) is 98.6 cm³/mol. The first-order valence-corrected chi connectivity index (χ1v) is 8.70. The fraction of sp³-hybridized carbons (Fsp3) is 0.318. The summed E-state index contributed by atoms with van der Waals surface area (Å²) in [6.45, 7) is 4.00. The van der Waals surface area contributed by atoms with E-state index in [-0.39, 0.29) is 5.57 Å². The lowest BCUT2D eigenvalue weighted by atomic mass is 9.67. The van der Waals surface area contributed by atoms with Crippen molar-refractivity contribution >= 4 is 12.0 Å². The zero-order chi connectivity index (χ0) is 17.0. The summed E-state index contributed by atoms with van der Waals surface area (Å²) >= 11 is 0. The van der Waals surface area contributed by atoms with Crippen molar-refractivity contribution in [3.63, 3.8) is 0 Å². The predicted octanol–water partition coefficient (Wildman–Crippen LogP) is 5.55. The lowest BCUT2D eigenvalue weighted by Gasteiger charge is -2.35. The van der Waals surface area contributed by atoms with Crippen LogP contribution in [0, 0.1) is 5.41 Å². The summed E-state index contributed by atoms with van der Waals surface area (Å²) < 4.78 is 0. The Labute approximate surface area is 143 Å². The Kier molecular flexibility index (Phi) is 4.84. The Morgan fingerprint density at radius 3 is 2.08 bits per heavy atom. The molecular formula is C22H24O2. The van der Waals surface area contributed by atoms with Gasteiger partial charge in [-0.1, -0.05) is 72.4 Å². The summed E-state index contributed by atoms with van der Waals surface area (Å²) in [4.78, 5) is 11.9. The zero-order valence-corrected chi connectivity index (χ0v) is 14.0. The molecule has 1 aromatic rings. The molecule has 0 spiro atoms. The van der Waals surface area contributed by atoms with Crippen molar-refractivity contribution in [2.24, 2.45) is 5.41 Å². The Morgan fingerprint density at radius 2 is 1.62 bits per heavy atom. The van der Waals surface area contributed by atoms with E-state index in [4.69, 9.17) is 0 Å². The van der Waals surface area contributed by atoms with Gasteiger partial charge in [0.1, 0.15) is 0 Å². The number of benzene rings is 1. The second-order valence-corrected chi connectivity index (χ2v) is 6.58. The number of aliphatic carboxylic acids is 1. The lowest BCUT2D eigenvalue weighted by molar-refractivity contribution is -0.133. The number of carboxylic acids is 1. The van der Waals surface area contributed by atoms with Crippen molar-refractivity contribution in [1.29, 1.82) is 0 Å². The van der Waals surface area contributed by atoms with Crippen LogP contribution in [-0.4, -0.2) is 11.1 Å². The van der Waals surface area contributed by atoms with Crippen molar-refractivity contribution < 1.29 is 9.90 Å². The second-order valence-electron chi connectivity index (χ2n) is 6.58. The molecule has 0 aliphatic heterocycles. The van der Waals surface area contributed by atoms with Gasteiger partial charge in [0, 0.05) is 5.57 Å². The molecule has 0 radical (unpaired) electrons. The smallest absolute Gasteiger partial charge is 0.332 e. The molecule has 0 fully saturated rings. The third kappa shape index (κ3) is 3.01. The molecule has 24 heavy (non-hydrogen) atoms. The van der Waals surface area contributed by atoms with Crippen molar-refractivity contribution in [3.05, 3.63) is 77.4 Å². The minimum absolute atomic E-state index is 0.274. The molecule has 2 aliphatic rings. The molecule has 0 saturated heterocycles. The molecule has 0 heterocycles. The average molecular weight is 320 g/mol. The van der Waals surface area contributed by atoms with E-state index in [0.29, 0.717) is 0 Å². The number of hydrogen-bond acceptors (Lipinski definition) is 1.